The number of ketones is 1. The summed E-state index contributed by atoms with van der Waals surface area (Å²) in [5, 5.41) is 0.717. The Kier molecular flexibility index (Phi) is 2.93. The fraction of sp³-hybridized carbons (Fsp3) is 0.167. The fourth-order valence-corrected chi connectivity index (χ4v) is 1.60. The van der Waals surface area contributed by atoms with E-state index in [2.05, 4.69) is 0 Å². The van der Waals surface area contributed by atoms with Gasteiger partial charge in [0.25, 0.3) is 0 Å². The zero-order chi connectivity index (χ0) is 12.4. The van der Waals surface area contributed by atoms with Crippen molar-refractivity contribution in [1.29, 1.82) is 0 Å². The number of Topliss-reactive ketones (excluding diaryl/α,β-unsaturated/α-hetero) is 1. The van der Waals surface area contributed by atoms with Crippen LogP contribution in [0.3, 0.4) is 0 Å². The Morgan fingerprint density at radius 3 is 2.71 bits per heavy atom. The number of rotatable bonds is 4. The summed E-state index contributed by atoms with van der Waals surface area (Å²) in [5.41, 5.74) is 11.5. The van der Waals surface area contributed by atoms with E-state index in [1.807, 2.05) is 12.1 Å². The highest BCUT2D eigenvalue weighted by atomic mass is 16.3. The summed E-state index contributed by atoms with van der Waals surface area (Å²) >= 11 is 0. The van der Waals surface area contributed by atoms with Gasteiger partial charge in [0, 0.05) is 11.8 Å². The van der Waals surface area contributed by atoms with Crippen LogP contribution in [0.1, 0.15) is 16.8 Å². The Morgan fingerprint density at radius 2 is 2.00 bits per heavy atom. The van der Waals surface area contributed by atoms with Gasteiger partial charge in [-0.25, -0.2) is 0 Å². The van der Waals surface area contributed by atoms with Crippen molar-refractivity contribution in [2.75, 3.05) is 0 Å². The topological polar surface area (TPSA) is 99.3 Å². The van der Waals surface area contributed by atoms with Gasteiger partial charge in [0.1, 0.15) is 11.8 Å². The number of hydrogen-bond acceptors (Lipinski definition) is 4. The van der Waals surface area contributed by atoms with Gasteiger partial charge in [0.2, 0.25) is 5.91 Å². The van der Waals surface area contributed by atoms with Crippen LogP contribution in [0.25, 0.3) is 11.0 Å². The molecule has 2 rings (SSSR count). The molecule has 0 radical (unpaired) electrons. The molecule has 5 heteroatoms. The van der Waals surface area contributed by atoms with Crippen molar-refractivity contribution in [3.8, 4) is 0 Å². The molecule has 1 aromatic carbocycles. The maximum atomic E-state index is 11.9. The first-order chi connectivity index (χ1) is 8.09. The summed E-state index contributed by atoms with van der Waals surface area (Å²) < 4.78 is 5.23. The van der Waals surface area contributed by atoms with Crippen molar-refractivity contribution in [3.63, 3.8) is 0 Å². The molecule has 4 N–H and O–H groups in total. The molecule has 0 aliphatic heterocycles. The summed E-state index contributed by atoms with van der Waals surface area (Å²) in [6.07, 6.45) is 1.26. The van der Waals surface area contributed by atoms with Crippen LogP contribution in [0.15, 0.2) is 34.9 Å². The molecule has 1 aromatic heterocycles. The average Bonchev–Trinajstić information content (AvgIpc) is 2.72. The first-order valence-corrected chi connectivity index (χ1v) is 5.14. The van der Waals surface area contributed by atoms with Crippen LogP contribution < -0.4 is 11.5 Å². The molecule has 88 valence electrons. The molecule has 0 saturated heterocycles. The van der Waals surface area contributed by atoms with Gasteiger partial charge in [-0.15, -0.1) is 0 Å². The number of primary amides is 1. The van der Waals surface area contributed by atoms with Crippen LogP contribution in [0.2, 0.25) is 0 Å². The third-order valence-corrected chi connectivity index (χ3v) is 2.55. The Morgan fingerprint density at radius 1 is 1.29 bits per heavy atom. The van der Waals surface area contributed by atoms with E-state index in [1.54, 1.807) is 12.1 Å². The van der Waals surface area contributed by atoms with E-state index in [0.29, 0.717) is 16.5 Å². The van der Waals surface area contributed by atoms with Gasteiger partial charge >= 0.3 is 0 Å². The smallest absolute Gasteiger partial charge is 0.234 e. The Balaban J connectivity index is 2.28. The summed E-state index contributed by atoms with van der Waals surface area (Å²) in [7, 11) is 0. The number of carbonyl (C=O) groups excluding carboxylic acids is 2. The molecule has 17 heavy (non-hydrogen) atoms. The monoisotopic (exact) mass is 232 g/mol. The van der Waals surface area contributed by atoms with E-state index in [4.69, 9.17) is 15.9 Å². The molecule has 1 atom stereocenters. The lowest BCUT2D eigenvalue weighted by molar-refractivity contribution is -0.119. The Hall–Kier alpha value is -2.14. The largest absolute Gasteiger partial charge is 0.464 e. The normalized spacial score (nSPS) is 12.5. The molecule has 1 unspecified atom stereocenters. The third-order valence-electron chi connectivity index (χ3n) is 2.55. The van der Waals surface area contributed by atoms with Gasteiger partial charge in [0.15, 0.2) is 5.78 Å². The second-order valence-electron chi connectivity index (χ2n) is 3.78. The molecule has 0 fully saturated rings. The van der Waals surface area contributed by atoms with Gasteiger partial charge in [-0.1, -0.05) is 18.2 Å². The van der Waals surface area contributed by atoms with Crippen LogP contribution in [-0.4, -0.2) is 17.7 Å². The number of para-hydroxylation sites is 1. The van der Waals surface area contributed by atoms with E-state index < -0.39 is 11.9 Å². The summed E-state index contributed by atoms with van der Waals surface area (Å²) in [5.74, 6) is -0.938. The van der Waals surface area contributed by atoms with Gasteiger partial charge in [-0.3, -0.25) is 9.59 Å². The number of hydrogen-bond donors (Lipinski definition) is 2. The van der Waals surface area contributed by atoms with E-state index in [9.17, 15) is 9.59 Å². The molecule has 2 aromatic rings. The summed E-state index contributed by atoms with van der Waals surface area (Å²) in [6, 6.07) is 6.20. The predicted molar refractivity (Wildman–Crippen MR) is 62.3 cm³/mol. The van der Waals surface area contributed by atoms with Crippen molar-refractivity contribution in [3.05, 3.63) is 36.1 Å². The van der Waals surface area contributed by atoms with Gasteiger partial charge in [0.05, 0.1) is 11.6 Å². The van der Waals surface area contributed by atoms with Crippen LogP contribution in [0.5, 0.6) is 0 Å². The first kappa shape index (κ1) is 11.3. The highest BCUT2D eigenvalue weighted by Gasteiger charge is 2.19. The summed E-state index contributed by atoms with van der Waals surface area (Å²) in [6.45, 7) is 0. The number of benzene rings is 1. The number of nitrogens with two attached hydrogens (primary N) is 2. The minimum atomic E-state index is -0.962. The lowest BCUT2D eigenvalue weighted by atomic mass is 10.0. The number of carbonyl (C=O) groups is 2. The van der Waals surface area contributed by atoms with Crippen LogP contribution in [0.4, 0.5) is 0 Å². The SMILES string of the molecule is NC(=O)C(N)CC(=O)c1coc2ccccc12. The zero-order valence-corrected chi connectivity index (χ0v) is 9.05. The Labute approximate surface area is 97.4 Å². The van der Waals surface area contributed by atoms with Crippen molar-refractivity contribution < 1.29 is 14.0 Å². The quantitative estimate of drug-likeness (QED) is 0.762. The van der Waals surface area contributed by atoms with E-state index in [0.717, 1.165) is 0 Å². The van der Waals surface area contributed by atoms with E-state index in [-0.39, 0.29) is 12.2 Å². The molecule has 1 amide bonds. The van der Waals surface area contributed by atoms with Crippen molar-refractivity contribution in [2.45, 2.75) is 12.5 Å². The van der Waals surface area contributed by atoms with Crippen molar-refractivity contribution in [1.82, 2.24) is 0 Å². The molecular formula is C12H12N2O3. The van der Waals surface area contributed by atoms with Crippen molar-refractivity contribution >= 4 is 22.7 Å². The molecule has 0 aliphatic rings. The molecule has 1 heterocycles. The number of furan rings is 1. The van der Waals surface area contributed by atoms with E-state index >= 15 is 0 Å². The Bertz CT molecular complexity index is 574. The molecule has 0 aliphatic carbocycles. The number of fused-ring (bicyclic) bond motifs is 1. The zero-order valence-electron chi connectivity index (χ0n) is 9.05. The van der Waals surface area contributed by atoms with Crippen LogP contribution in [0, 0.1) is 0 Å². The molecule has 0 saturated carbocycles. The van der Waals surface area contributed by atoms with Crippen LogP contribution in [-0.2, 0) is 4.79 Å². The number of amides is 1. The minimum absolute atomic E-state index is 0.112. The van der Waals surface area contributed by atoms with Gasteiger partial charge in [-0.05, 0) is 6.07 Å². The average molecular weight is 232 g/mol. The van der Waals surface area contributed by atoms with Gasteiger partial charge < -0.3 is 15.9 Å². The molecule has 0 bridgehead atoms. The highest BCUT2D eigenvalue weighted by Crippen LogP contribution is 2.22. The molecule has 5 nitrogen and oxygen atoms in total. The summed E-state index contributed by atoms with van der Waals surface area (Å²) in [4.78, 5) is 22.7. The molecule has 0 spiro atoms. The highest BCUT2D eigenvalue weighted by molar-refractivity contribution is 6.08. The third kappa shape index (κ3) is 2.19. The maximum absolute atomic E-state index is 11.9. The standard InChI is InChI=1S/C12H12N2O3/c13-9(12(14)16)5-10(15)8-6-17-11-4-2-1-3-7(8)11/h1-4,6,9H,5,13H2,(H2,14,16). The van der Waals surface area contributed by atoms with Crippen LogP contribution >= 0.6 is 0 Å². The van der Waals surface area contributed by atoms with Crippen molar-refractivity contribution in [2.24, 2.45) is 11.5 Å². The molecular weight excluding hydrogens is 220 g/mol. The fourth-order valence-electron chi connectivity index (χ4n) is 1.60. The lowest BCUT2D eigenvalue weighted by Gasteiger charge is -2.04. The second kappa shape index (κ2) is 4.39. The first-order valence-electron chi connectivity index (χ1n) is 5.14. The predicted octanol–water partition coefficient (Wildman–Crippen LogP) is 0.818. The minimum Gasteiger partial charge on any atom is -0.464 e. The second-order valence-corrected chi connectivity index (χ2v) is 3.78. The van der Waals surface area contributed by atoms with E-state index in [1.165, 1.54) is 6.26 Å². The van der Waals surface area contributed by atoms with Gasteiger partial charge in [-0.2, -0.15) is 0 Å². The lowest BCUT2D eigenvalue weighted by Crippen LogP contribution is -2.38. The maximum Gasteiger partial charge on any atom is 0.234 e.